The second-order valence-electron chi connectivity index (χ2n) is 6.66. The number of carbonyl (C=O) groups excluding carboxylic acids is 1. The quantitative estimate of drug-likeness (QED) is 0.555. The van der Waals surface area contributed by atoms with Crippen LogP contribution in [0, 0.1) is 6.92 Å². The summed E-state index contributed by atoms with van der Waals surface area (Å²) in [6, 6.07) is 8.51. The number of nitrogens with zero attached hydrogens (tertiary/aromatic N) is 1. The largest absolute Gasteiger partial charge is 0.357 e. The van der Waals surface area contributed by atoms with Crippen LogP contribution in [0.3, 0.4) is 0 Å². The zero-order valence-electron chi connectivity index (χ0n) is 15.0. The summed E-state index contributed by atoms with van der Waals surface area (Å²) in [6.45, 7) is 11.6. The van der Waals surface area contributed by atoms with E-state index in [1.165, 1.54) is 11.1 Å². The number of benzene rings is 1. The molecule has 0 aliphatic rings. The molecular formula is C18H30N4O. The van der Waals surface area contributed by atoms with Gasteiger partial charge in [0.1, 0.15) is 6.54 Å². The van der Waals surface area contributed by atoms with Crippen molar-refractivity contribution in [3.8, 4) is 0 Å². The zero-order valence-corrected chi connectivity index (χ0v) is 15.0. The summed E-state index contributed by atoms with van der Waals surface area (Å²) in [5.41, 5.74) is 2.31. The fourth-order valence-electron chi connectivity index (χ4n) is 2.03. The fraction of sp³-hybridized carbons (Fsp3) is 0.556. The molecular weight excluding hydrogens is 288 g/mol. The molecule has 0 spiro atoms. The standard InChI is InChI=1S/C18H30N4O/c1-6-19-17(21-13-16(23)22-18(3,4)5)20-12-11-15-9-7-14(2)8-10-15/h7-10H,6,11-13H2,1-5H3,(H,22,23)(H2,19,20,21). The van der Waals surface area contributed by atoms with Crippen LogP contribution in [0.25, 0.3) is 0 Å². The molecule has 0 saturated heterocycles. The van der Waals surface area contributed by atoms with Crippen LogP contribution in [0.5, 0.6) is 0 Å². The first kappa shape index (κ1) is 19.0. The minimum absolute atomic E-state index is 0.0757. The Hall–Kier alpha value is -2.04. The van der Waals surface area contributed by atoms with E-state index in [0.29, 0.717) is 5.96 Å². The lowest BCUT2D eigenvalue weighted by Gasteiger charge is -2.20. The van der Waals surface area contributed by atoms with Crippen LogP contribution >= 0.6 is 0 Å². The van der Waals surface area contributed by atoms with Crippen LogP contribution in [-0.2, 0) is 11.2 Å². The number of nitrogens with one attached hydrogen (secondary N) is 3. The Labute approximate surface area is 140 Å². The Morgan fingerprint density at radius 3 is 2.35 bits per heavy atom. The van der Waals surface area contributed by atoms with Gasteiger partial charge in [-0.2, -0.15) is 0 Å². The first-order valence-corrected chi connectivity index (χ1v) is 8.19. The summed E-state index contributed by atoms with van der Waals surface area (Å²) in [4.78, 5) is 16.1. The Balaban J connectivity index is 2.45. The third-order valence-corrected chi connectivity index (χ3v) is 3.07. The molecule has 0 aliphatic heterocycles. The SMILES string of the molecule is CCNC(=NCC(=O)NC(C)(C)C)NCCc1ccc(C)cc1. The van der Waals surface area contributed by atoms with Crippen LogP contribution in [-0.4, -0.2) is 37.0 Å². The highest BCUT2D eigenvalue weighted by molar-refractivity contribution is 5.85. The second-order valence-corrected chi connectivity index (χ2v) is 6.66. The topological polar surface area (TPSA) is 65.5 Å². The van der Waals surface area contributed by atoms with Crippen molar-refractivity contribution in [3.05, 3.63) is 35.4 Å². The van der Waals surface area contributed by atoms with E-state index in [0.717, 1.165) is 19.5 Å². The maximum Gasteiger partial charge on any atom is 0.242 e. The van der Waals surface area contributed by atoms with Gasteiger partial charge in [-0.3, -0.25) is 4.79 Å². The smallest absolute Gasteiger partial charge is 0.242 e. The van der Waals surface area contributed by atoms with Crippen LogP contribution < -0.4 is 16.0 Å². The van der Waals surface area contributed by atoms with Gasteiger partial charge in [0.25, 0.3) is 0 Å². The number of aryl methyl sites for hydroxylation is 1. The van der Waals surface area contributed by atoms with Gasteiger partial charge in [0.15, 0.2) is 5.96 Å². The number of carbonyl (C=O) groups is 1. The van der Waals surface area contributed by atoms with Crippen molar-refractivity contribution in [2.75, 3.05) is 19.6 Å². The Morgan fingerprint density at radius 1 is 1.13 bits per heavy atom. The summed E-state index contributed by atoms with van der Waals surface area (Å²) in [5, 5.41) is 9.32. The molecule has 0 saturated carbocycles. The number of aliphatic imine (C=N–C) groups is 1. The minimum atomic E-state index is -0.232. The van der Waals surface area contributed by atoms with Gasteiger partial charge in [-0.15, -0.1) is 0 Å². The number of hydrogen-bond acceptors (Lipinski definition) is 2. The van der Waals surface area contributed by atoms with Crippen molar-refractivity contribution < 1.29 is 4.79 Å². The molecule has 1 amide bonds. The van der Waals surface area contributed by atoms with Crippen LogP contribution in [0.2, 0.25) is 0 Å². The highest BCUT2D eigenvalue weighted by Gasteiger charge is 2.13. The molecule has 1 aromatic rings. The molecule has 5 nitrogen and oxygen atoms in total. The van der Waals surface area contributed by atoms with Gasteiger partial charge in [0, 0.05) is 18.6 Å². The lowest BCUT2D eigenvalue weighted by atomic mass is 10.1. The number of rotatable bonds is 6. The molecule has 23 heavy (non-hydrogen) atoms. The molecule has 1 aromatic carbocycles. The van der Waals surface area contributed by atoms with Gasteiger partial charge >= 0.3 is 0 Å². The molecule has 0 radical (unpaired) electrons. The van der Waals surface area contributed by atoms with Gasteiger partial charge in [0.2, 0.25) is 5.91 Å². The fourth-order valence-corrected chi connectivity index (χ4v) is 2.03. The van der Waals surface area contributed by atoms with E-state index in [9.17, 15) is 4.79 Å². The first-order chi connectivity index (χ1) is 10.8. The molecule has 1 rings (SSSR count). The normalized spacial score (nSPS) is 12.0. The summed E-state index contributed by atoms with van der Waals surface area (Å²) >= 11 is 0. The van der Waals surface area contributed by atoms with Gasteiger partial charge < -0.3 is 16.0 Å². The summed E-state index contributed by atoms with van der Waals surface area (Å²) in [5.74, 6) is 0.594. The average molecular weight is 318 g/mol. The molecule has 128 valence electrons. The van der Waals surface area contributed by atoms with Gasteiger partial charge in [0.05, 0.1) is 0 Å². The van der Waals surface area contributed by atoms with E-state index < -0.39 is 0 Å². The highest BCUT2D eigenvalue weighted by Crippen LogP contribution is 2.03. The predicted molar refractivity (Wildman–Crippen MR) is 96.8 cm³/mol. The monoisotopic (exact) mass is 318 g/mol. The van der Waals surface area contributed by atoms with E-state index in [4.69, 9.17) is 0 Å². The maximum absolute atomic E-state index is 11.8. The van der Waals surface area contributed by atoms with E-state index in [-0.39, 0.29) is 18.0 Å². The Bertz CT molecular complexity index is 515. The molecule has 0 aromatic heterocycles. The van der Waals surface area contributed by atoms with E-state index in [1.54, 1.807) is 0 Å². The van der Waals surface area contributed by atoms with Crippen LogP contribution in [0.1, 0.15) is 38.8 Å². The van der Waals surface area contributed by atoms with Gasteiger partial charge in [-0.1, -0.05) is 29.8 Å². The Morgan fingerprint density at radius 2 is 1.78 bits per heavy atom. The van der Waals surface area contributed by atoms with Crippen molar-refractivity contribution >= 4 is 11.9 Å². The molecule has 0 aliphatic carbocycles. The summed E-state index contributed by atoms with van der Waals surface area (Å²) < 4.78 is 0. The molecule has 3 N–H and O–H groups in total. The van der Waals surface area contributed by atoms with E-state index in [2.05, 4.69) is 52.1 Å². The number of amides is 1. The Kier molecular flexibility index (Phi) is 7.59. The molecule has 0 heterocycles. The second kappa shape index (κ2) is 9.18. The number of guanidine groups is 1. The van der Waals surface area contributed by atoms with E-state index >= 15 is 0 Å². The number of hydrogen-bond donors (Lipinski definition) is 3. The van der Waals surface area contributed by atoms with Crippen molar-refractivity contribution in [3.63, 3.8) is 0 Å². The lowest BCUT2D eigenvalue weighted by Crippen LogP contribution is -2.43. The predicted octanol–water partition coefficient (Wildman–Crippen LogP) is 2.01. The zero-order chi connectivity index (χ0) is 17.3. The lowest BCUT2D eigenvalue weighted by molar-refractivity contribution is -0.121. The third kappa shape index (κ3) is 8.86. The van der Waals surface area contributed by atoms with Gasteiger partial charge in [-0.25, -0.2) is 4.99 Å². The van der Waals surface area contributed by atoms with Crippen molar-refractivity contribution in [1.29, 1.82) is 0 Å². The summed E-state index contributed by atoms with van der Waals surface area (Å²) in [6.07, 6.45) is 0.916. The van der Waals surface area contributed by atoms with E-state index in [1.807, 2.05) is 27.7 Å². The van der Waals surface area contributed by atoms with Crippen molar-refractivity contribution in [2.45, 2.75) is 46.6 Å². The molecule has 0 bridgehead atoms. The van der Waals surface area contributed by atoms with Crippen LogP contribution in [0.4, 0.5) is 0 Å². The molecule has 0 atom stereocenters. The van der Waals surface area contributed by atoms with Gasteiger partial charge in [-0.05, 0) is 46.6 Å². The first-order valence-electron chi connectivity index (χ1n) is 8.19. The highest BCUT2D eigenvalue weighted by atomic mass is 16.2. The maximum atomic E-state index is 11.8. The van der Waals surface area contributed by atoms with Crippen LogP contribution in [0.15, 0.2) is 29.3 Å². The third-order valence-electron chi connectivity index (χ3n) is 3.07. The molecule has 0 fully saturated rings. The van der Waals surface area contributed by atoms with Crippen molar-refractivity contribution in [2.24, 2.45) is 4.99 Å². The molecule has 5 heteroatoms. The average Bonchev–Trinajstić information content (AvgIpc) is 2.45. The molecule has 0 unspecified atom stereocenters. The minimum Gasteiger partial charge on any atom is -0.357 e. The van der Waals surface area contributed by atoms with Crippen molar-refractivity contribution in [1.82, 2.24) is 16.0 Å². The summed E-state index contributed by atoms with van der Waals surface area (Å²) in [7, 11) is 0.